The minimum absolute atomic E-state index is 0.128. The smallest absolute Gasteiger partial charge is 0.410 e. The first kappa shape index (κ1) is 19.5. The molecule has 1 aromatic carbocycles. The van der Waals surface area contributed by atoms with Crippen LogP contribution in [0.2, 0.25) is 0 Å². The summed E-state index contributed by atoms with van der Waals surface area (Å²) in [6.07, 6.45) is -0.832. The Morgan fingerprint density at radius 2 is 1.93 bits per heavy atom. The molecule has 0 unspecified atom stereocenters. The molecule has 2 aliphatic heterocycles. The number of ether oxygens (including phenoxy) is 2. The van der Waals surface area contributed by atoms with Gasteiger partial charge >= 0.3 is 12.2 Å². The van der Waals surface area contributed by atoms with Crippen LogP contribution in [0.1, 0.15) is 45.6 Å². The number of piperidine rings is 1. The first-order valence-electron chi connectivity index (χ1n) is 9.37. The highest BCUT2D eigenvalue weighted by atomic mass is 19.1. The van der Waals surface area contributed by atoms with Crippen molar-refractivity contribution in [2.24, 2.45) is 0 Å². The van der Waals surface area contributed by atoms with Crippen molar-refractivity contribution in [1.82, 2.24) is 10.2 Å². The summed E-state index contributed by atoms with van der Waals surface area (Å²) in [4.78, 5) is 26.0. The fourth-order valence-corrected chi connectivity index (χ4v) is 3.80. The molecule has 148 valence electrons. The monoisotopic (exact) mass is 378 g/mol. The quantitative estimate of drug-likeness (QED) is 0.869. The molecule has 2 heterocycles. The van der Waals surface area contributed by atoms with Crippen LogP contribution in [0, 0.1) is 0 Å². The van der Waals surface area contributed by atoms with Crippen LogP contribution in [0.3, 0.4) is 0 Å². The lowest BCUT2D eigenvalue weighted by molar-refractivity contribution is -0.0133. The molecule has 2 bridgehead atoms. The Bertz CT molecular complexity index is 676. The number of amides is 2. The van der Waals surface area contributed by atoms with Crippen LogP contribution in [0.4, 0.5) is 14.0 Å². The van der Waals surface area contributed by atoms with E-state index in [-0.39, 0.29) is 12.6 Å². The summed E-state index contributed by atoms with van der Waals surface area (Å²) >= 11 is 0. The third-order valence-electron chi connectivity index (χ3n) is 4.94. The summed E-state index contributed by atoms with van der Waals surface area (Å²) in [6.45, 7) is 5.50. The Morgan fingerprint density at radius 3 is 2.59 bits per heavy atom. The highest BCUT2D eigenvalue weighted by Gasteiger charge is 2.51. The Balaban J connectivity index is 1.56. The summed E-state index contributed by atoms with van der Waals surface area (Å²) < 4.78 is 25.6. The molecule has 27 heavy (non-hydrogen) atoms. The van der Waals surface area contributed by atoms with E-state index in [1.54, 1.807) is 20.8 Å². The van der Waals surface area contributed by atoms with Gasteiger partial charge in [0.15, 0.2) is 0 Å². The molecule has 0 radical (unpaired) electrons. The molecule has 6 nitrogen and oxygen atoms in total. The molecule has 2 saturated heterocycles. The van der Waals surface area contributed by atoms with Crippen LogP contribution >= 0.6 is 0 Å². The van der Waals surface area contributed by atoms with E-state index >= 15 is 0 Å². The van der Waals surface area contributed by atoms with Crippen molar-refractivity contribution in [3.05, 3.63) is 35.9 Å². The van der Waals surface area contributed by atoms with E-state index in [0.29, 0.717) is 19.3 Å². The maximum atomic E-state index is 15.0. The molecule has 3 rings (SSSR count). The molecule has 0 saturated carbocycles. The maximum absolute atomic E-state index is 15.0. The SMILES string of the molecule is CC(C)(C)OC(=O)N1[C@@H]2CC[C@H]1[C@H](F)[C@@H](NC(=O)OCc1ccccc1)C2. The van der Waals surface area contributed by atoms with Crippen LogP contribution in [-0.4, -0.2) is 47.0 Å². The molecule has 0 aliphatic carbocycles. The highest BCUT2D eigenvalue weighted by Crippen LogP contribution is 2.38. The molecular weight excluding hydrogens is 351 g/mol. The average Bonchev–Trinajstić information content (AvgIpc) is 2.95. The number of carbonyl (C=O) groups excluding carboxylic acids is 2. The van der Waals surface area contributed by atoms with Crippen molar-refractivity contribution >= 4 is 12.2 Å². The number of hydrogen-bond acceptors (Lipinski definition) is 4. The maximum Gasteiger partial charge on any atom is 0.410 e. The van der Waals surface area contributed by atoms with Gasteiger partial charge in [0.05, 0.1) is 12.1 Å². The fraction of sp³-hybridized carbons (Fsp3) is 0.600. The molecule has 2 amide bonds. The number of alkyl carbamates (subject to hydrolysis) is 1. The predicted octanol–water partition coefficient (Wildman–Crippen LogP) is 3.79. The first-order valence-corrected chi connectivity index (χ1v) is 9.37. The molecule has 4 atom stereocenters. The zero-order valence-electron chi connectivity index (χ0n) is 16.0. The Kier molecular flexibility index (Phi) is 5.58. The first-order chi connectivity index (χ1) is 12.7. The Labute approximate surface area is 159 Å². The molecular formula is C20H27FN2O4. The third kappa shape index (κ3) is 4.70. The lowest BCUT2D eigenvalue weighted by Gasteiger charge is -2.41. The van der Waals surface area contributed by atoms with Crippen LogP contribution in [0.5, 0.6) is 0 Å². The van der Waals surface area contributed by atoms with Crippen molar-refractivity contribution in [3.8, 4) is 0 Å². The number of nitrogens with one attached hydrogen (secondary N) is 1. The number of fused-ring (bicyclic) bond motifs is 2. The topological polar surface area (TPSA) is 67.9 Å². The molecule has 2 aliphatic rings. The van der Waals surface area contributed by atoms with Crippen molar-refractivity contribution in [3.63, 3.8) is 0 Å². The van der Waals surface area contributed by atoms with Crippen LogP contribution in [0.15, 0.2) is 30.3 Å². The van der Waals surface area contributed by atoms with Crippen molar-refractivity contribution in [2.45, 2.75) is 76.5 Å². The second-order valence-electron chi connectivity index (χ2n) is 8.18. The highest BCUT2D eigenvalue weighted by molar-refractivity contribution is 5.70. The van der Waals surface area contributed by atoms with E-state index in [4.69, 9.17) is 9.47 Å². The van der Waals surface area contributed by atoms with Gasteiger partial charge in [-0.05, 0) is 45.6 Å². The zero-order chi connectivity index (χ0) is 19.6. The van der Waals surface area contributed by atoms with Gasteiger partial charge in [-0.25, -0.2) is 14.0 Å². The Morgan fingerprint density at radius 1 is 1.22 bits per heavy atom. The lowest BCUT2D eigenvalue weighted by Crippen LogP contribution is -2.60. The van der Waals surface area contributed by atoms with E-state index in [0.717, 1.165) is 5.56 Å². The second-order valence-corrected chi connectivity index (χ2v) is 8.18. The minimum atomic E-state index is -1.35. The van der Waals surface area contributed by atoms with E-state index in [1.165, 1.54) is 4.90 Å². The van der Waals surface area contributed by atoms with Gasteiger partial charge in [-0.15, -0.1) is 0 Å². The van der Waals surface area contributed by atoms with Crippen molar-refractivity contribution in [2.75, 3.05) is 0 Å². The van der Waals surface area contributed by atoms with Crippen molar-refractivity contribution < 1.29 is 23.5 Å². The predicted molar refractivity (Wildman–Crippen MR) is 97.9 cm³/mol. The number of halogens is 1. The van der Waals surface area contributed by atoms with Crippen LogP contribution in [-0.2, 0) is 16.1 Å². The molecule has 0 spiro atoms. The second kappa shape index (κ2) is 7.74. The summed E-state index contributed by atoms with van der Waals surface area (Å²) in [5, 5.41) is 2.63. The zero-order valence-corrected chi connectivity index (χ0v) is 16.0. The van der Waals surface area contributed by atoms with Gasteiger partial charge in [-0.3, -0.25) is 4.90 Å². The number of rotatable bonds is 3. The largest absolute Gasteiger partial charge is 0.445 e. The van der Waals surface area contributed by atoms with Crippen LogP contribution < -0.4 is 5.32 Å². The number of alkyl halides is 1. The third-order valence-corrected chi connectivity index (χ3v) is 4.94. The van der Waals surface area contributed by atoms with Gasteiger partial charge in [0.1, 0.15) is 18.4 Å². The number of nitrogens with zero attached hydrogens (tertiary/aromatic N) is 1. The van der Waals surface area contributed by atoms with Gasteiger partial charge in [0, 0.05) is 6.04 Å². The number of benzene rings is 1. The normalized spacial score (nSPS) is 27.2. The summed E-state index contributed by atoms with van der Waals surface area (Å²) in [7, 11) is 0. The van der Waals surface area contributed by atoms with Gasteiger partial charge < -0.3 is 14.8 Å². The molecule has 1 N–H and O–H groups in total. The number of hydrogen-bond donors (Lipinski definition) is 1. The van der Waals surface area contributed by atoms with E-state index in [9.17, 15) is 14.0 Å². The molecule has 2 fully saturated rings. The molecule has 7 heteroatoms. The molecule has 1 aromatic rings. The number of carbonyl (C=O) groups is 2. The average molecular weight is 378 g/mol. The molecule has 0 aromatic heterocycles. The van der Waals surface area contributed by atoms with Gasteiger partial charge in [0.25, 0.3) is 0 Å². The Hall–Kier alpha value is -2.31. The van der Waals surface area contributed by atoms with Gasteiger partial charge in [0.2, 0.25) is 0 Å². The minimum Gasteiger partial charge on any atom is -0.445 e. The standard InChI is InChI=1S/C20H27FN2O4/c1-20(2,3)27-19(25)23-14-9-10-16(23)17(21)15(11-14)22-18(24)26-12-13-7-5-4-6-8-13/h4-8,14-17H,9-12H2,1-3H3,(H,22,24)/t14-,15+,16+,17-/m1/s1. The van der Waals surface area contributed by atoms with Gasteiger partial charge in [-0.2, -0.15) is 0 Å². The van der Waals surface area contributed by atoms with E-state index in [1.807, 2.05) is 30.3 Å². The summed E-state index contributed by atoms with van der Waals surface area (Å²) in [6, 6.07) is 7.94. The van der Waals surface area contributed by atoms with Gasteiger partial charge in [-0.1, -0.05) is 30.3 Å². The summed E-state index contributed by atoms with van der Waals surface area (Å²) in [5.74, 6) is 0. The van der Waals surface area contributed by atoms with E-state index in [2.05, 4.69) is 5.32 Å². The summed E-state index contributed by atoms with van der Waals surface area (Å²) in [5.41, 5.74) is 0.239. The lowest BCUT2D eigenvalue weighted by atomic mass is 9.96. The fourth-order valence-electron chi connectivity index (χ4n) is 3.80. The van der Waals surface area contributed by atoms with Crippen molar-refractivity contribution in [1.29, 1.82) is 0 Å². The van der Waals surface area contributed by atoms with E-state index < -0.39 is 36.0 Å². The van der Waals surface area contributed by atoms with Crippen LogP contribution in [0.25, 0.3) is 0 Å².